The topological polar surface area (TPSA) is 76.7 Å². The van der Waals surface area contributed by atoms with Gasteiger partial charge in [-0.2, -0.15) is 4.98 Å². The summed E-state index contributed by atoms with van der Waals surface area (Å²) >= 11 is 0. The summed E-state index contributed by atoms with van der Waals surface area (Å²) in [5.41, 5.74) is -0.0363. The molecule has 2 aromatic rings. The largest absolute Gasteiger partial charge is 0.481 e. The molecule has 2 heterocycles. The molecule has 0 atom stereocenters. The van der Waals surface area contributed by atoms with E-state index in [2.05, 4.69) is 9.97 Å². The molecule has 0 aliphatic carbocycles. The number of fused-ring (bicyclic) bond motifs is 1. The van der Waals surface area contributed by atoms with E-state index in [9.17, 15) is 4.79 Å². The van der Waals surface area contributed by atoms with Gasteiger partial charge in [-0.1, -0.05) is 0 Å². The number of hydrogen-bond donors (Lipinski definition) is 1. The third kappa shape index (κ3) is 1.26. The summed E-state index contributed by atoms with van der Waals surface area (Å²) in [6.45, 7) is 0. The second kappa shape index (κ2) is 2.99. The molecule has 0 unspecified atom stereocenters. The Morgan fingerprint density at radius 3 is 3.00 bits per heavy atom. The van der Waals surface area contributed by atoms with E-state index in [-0.39, 0.29) is 5.69 Å². The second-order valence-corrected chi connectivity index (χ2v) is 2.61. The molecule has 0 saturated carbocycles. The highest BCUT2D eigenvalue weighted by Gasteiger charge is 2.09. The number of rotatable bonds is 2. The van der Waals surface area contributed by atoms with Crippen LogP contribution in [-0.2, 0) is 0 Å². The van der Waals surface area contributed by atoms with Crippen molar-refractivity contribution >= 4 is 11.7 Å². The monoisotopic (exact) mass is 193 g/mol. The summed E-state index contributed by atoms with van der Waals surface area (Å²) in [6, 6.07) is 1.63. The molecule has 72 valence electrons. The van der Waals surface area contributed by atoms with Crippen molar-refractivity contribution in [1.29, 1.82) is 0 Å². The van der Waals surface area contributed by atoms with Crippen molar-refractivity contribution in [2.24, 2.45) is 0 Å². The predicted octanol–water partition coefficient (Wildman–Crippen LogP) is 0.436. The zero-order valence-corrected chi connectivity index (χ0v) is 7.34. The van der Waals surface area contributed by atoms with Crippen molar-refractivity contribution in [2.75, 3.05) is 7.11 Å². The Morgan fingerprint density at radius 1 is 1.57 bits per heavy atom. The molecule has 0 saturated heterocycles. The molecule has 14 heavy (non-hydrogen) atoms. The summed E-state index contributed by atoms with van der Waals surface area (Å²) in [4.78, 5) is 18.3. The van der Waals surface area contributed by atoms with Gasteiger partial charge < -0.3 is 9.84 Å². The highest BCUT2D eigenvalue weighted by molar-refractivity contribution is 5.85. The maximum absolute atomic E-state index is 10.6. The quantitative estimate of drug-likeness (QED) is 0.748. The summed E-state index contributed by atoms with van der Waals surface area (Å²) in [6.07, 6.45) is 3.03. The van der Waals surface area contributed by atoms with Crippen molar-refractivity contribution < 1.29 is 14.6 Å². The highest BCUT2D eigenvalue weighted by atomic mass is 16.5. The molecule has 0 aliphatic rings. The first-order valence-corrected chi connectivity index (χ1v) is 3.84. The molecule has 6 heteroatoms. The Bertz CT molecular complexity index is 492. The summed E-state index contributed by atoms with van der Waals surface area (Å²) in [7, 11) is 1.49. The van der Waals surface area contributed by atoms with Gasteiger partial charge in [0.25, 0.3) is 0 Å². The van der Waals surface area contributed by atoms with Crippen molar-refractivity contribution in [3.63, 3.8) is 0 Å². The van der Waals surface area contributed by atoms with Gasteiger partial charge in [0.1, 0.15) is 0 Å². The molecule has 1 N–H and O–H groups in total. The zero-order chi connectivity index (χ0) is 10.1. The van der Waals surface area contributed by atoms with Gasteiger partial charge >= 0.3 is 5.97 Å². The number of methoxy groups -OCH3 is 1. The third-order valence-electron chi connectivity index (χ3n) is 1.73. The number of nitrogens with zero attached hydrogens (tertiary/aromatic N) is 3. The lowest BCUT2D eigenvalue weighted by Gasteiger charge is -1.96. The number of aromatic nitrogens is 3. The normalized spacial score (nSPS) is 10.4. The van der Waals surface area contributed by atoms with Crippen LogP contribution in [0.15, 0.2) is 18.5 Å². The predicted molar refractivity (Wildman–Crippen MR) is 46.5 cm³/mol. The van der Waals surface area contributed by atoms with Crippen molar-refractivity contribution in [1.82, 2.24) is 14.4 Å². The second-order valence-electron chi connectivity index (χ2n) is 2.61. The van der Waals surface area contributed by atoms with Crippen LogP contribution in [0, 0.1) is 0 Å². The lowest BCUT2D eigenvalue weighted by molar-refractivity contribution is 0.0691. The molecule has 0 bridgehead atoms. The van der Waals surface area contributed by atoms with Gasteiger partial charge in [0.05, 0.1) is 7.11 Å². The van der Waals surface area contributed by atoms with Gasteiger partial charge in [-0.05, 0) is 0 Å². The van der Waals surface area contributed by atoms with Crippen LogP contribution in [0.2, 0.25) is 0 Å². The third-order valence-corrected chi connectivity index (χ3v) is 1.73. The zero-order valence-electron chi connectivity index (χ0n) is 7.34. The Balaban J connectivity index is 2.60. The molecular formula is C8H7N3O3. The first-order valence-electron chi connectivity index (χ1n) is 3.84. The molecule has 0 radical (unpaired) electrons. The fourth-order valence-corrected chi connectivity index (χ4v) is 1.07. The number of carboxylic acid groups (broad SMARTS) is 1. The van der Waals surface area contributed by atoms with E-state index in [1.165, 1.54) is 17.7 Å². The average molecular weight is 193 g/mol. The molecule has 6 nitrogen and oxygen atoms in total. The van der Waals surface area contributed by atoms with Crippen LogP contribution in [-0.4, -0.2) is 32.6 Å². The average Bonchev–Trinajstić information content (AvgIpc) is 2.59. The Morgan fingerprint density at radius 2 is 2.36 bits per heavy atom. The van der Waals surface area contributed by atoms with E-state index in [1.807, 2.05) is 0 Å². The van der Waals surface area contributed by atoms with E-state index in [0.29, 0.717) is 11.7 Å². The van der Waals surface area contributed by atoms with E-state index in [1.54, 1.807) is 12.3 Å². The molecule has 0 aliphatic heterocycles. The van der Waals surface area contributed by atoms with Crippen LogP contribution in [0.25, 0.3) is 5.78 Å². The maximum Gasteiger partial charge on any atom is 0.356 e. The first-order chi connectivity index (χ1) is 6.70. The van der Waals surface area contributed by atoms with Crippen molar-refractivity contribution in [2.45, 2.75) is 0 Å². The van der Waals surface area contributed by atoms with E-state index in [0.717, 1.165) is 0 Å². The van der Waals surface area contributed by atoms with Gasteiger partial charge in [-0.25, -0.2) is 9.78 Å². The van der Waals surface area contributed by atoms with Crippen LogP contribution in [0.4, 0.5) is 0 Å². The van der Waals surface area contributed by atoms with Crippen LogP contribution in [0.5, 0.6) is 5.88 Å². The number of carboxylic acids is 1. The Kier molecular flexibility index (Phi) is 1.81. The molecule has 0 fully saturated rings. The molecule has 2 aromatic heterocycles. The maximum atomic E-state index is 10.6. The number of imidazole rings is 1. The van der Waals surface area contributed by atoms with Gasteiger partial charge in [0, 0.05) is 18.5 Å². The van der Waals surface area contributed by atoms with Gasteiger partial charge in [0.15, 0.2) is 5.69 Å². The summed E-state index contributed by atoms with van der Waals surface area (Å²) < 4.78 is 6.40. The smallest absolute Gasteiger partial charge is 0.356 e. The minimum atomic E-state index is -1.07. The fraction of sp³-hybridized carbons (Fsp3) is 0.125. The number of hydrogen-bond acceptors (Lipinski definition) is 4. The summed E-state index contributed by atoms with van der Waals surface area (Å²) in [5, 5.41) is 8.68. The van der Waals surface area contributed by atoms with E-state index >= 15 is 0 Å². The molecule has 0 aromatic carbocycles. The molecule has 2 rings (SSSR count). The van der Waals surface area contributed by atoms with E-state index in [4.69, 9.17) is 9.84 Å². The van der Waals surface area contributed by atoms with Crippen LogP contribution < -0.4 is 4.74 Å². The van der Waals surface area contributed by atoms with Gasteiger partial charge in [0.2, 0.25) is 11.7 Å². The lowest BCUT2D eigenvalue weighted by Crippen LogP contribution is -1.95. The first kappa shape index (κ1) is 8.49. The van der Waals surface area contributed by atoms with Crippen molar-refractivity contribution in [3.8, 4) is 5.88 Å². The minimum Gasteiger partial charge on any atom is -0.481 e. The van der Waals surface area contributed by atoms with E-state index < -0.39 is 5.97 Å². The lowest BCUT2D eigenvalue weighted by atomic mass is 10.5. The molecule has 0 spiro atoms. The Labute approximate surface area is 78.8 Å². The standard InChI is InChI=1S/C8H7N3O3/c1-14-6-2-3-11-4-5(7(12)13)9-8(11)10-6/h2-4H,1H3,(H,12,13). The van der Waals surface area contributed by atoms with Crippen molar-refractivity contribution in [3.05, 3.63) is 24.2 Å². The minimum absolute atomic E-state index is 0.0363. The van der Waals surface area contributed by atoms with Crippen LogP contribution in [0.3, 0.4) is 0 Å². The number of aromatic carboxylic acids is 1. The SMILES string of the molecule is COc1ccn2cc(C(=O)O)nc2n1. The van der Waals surface area contributed by atoms with Crippen LogP contribution >= 0.6 is 0 Å². The highest BCUT2D eigenvalue weighted by Crippen LogP contribution is 2.08. The number of ether oxygens (including phenoxy) is 1. The van der Waals surface area contributed by atoms with Gasteiger partial charge in [-0.3, -0.25) is 4.40 Å². The Hall–Kier alpha value is -2.11. The fourth-order valence-electron chi connectivity index (χ4n) is 1.07. The van der Waals surface area contributed by atoms with Crippen LogP contribution in [0.1, 0.15) is 10.5 Å². The summed E-state index contributed by atoms with van der Waals surface area (Å²) in [5.74, 6) is -0.365. The number of carbonyl (C=O) groups is 1. The molecule has 0 amide bonds. The van der Waals surface area contributed by atoms with Gasteiger partial charge in [-0.15, -0.1) is 0 Å². The molecular weight excluding hydrogens is 186 g/mol.